The minimum absolute atomic E-state index is 0.0310. The molecule has 0 spiro atoms. The summed E-state index contributed by atoms with van der Waals surface area (Å²) in [5.41, 5.74) is 12.4. The summed E-state index contributed by atoms with van der Waals surface area (Å²) in [6, 6.07) is 3.91. The lowest BCUT2D eigenvalue weighted by Crippen LogP contribution is -2.25. The van der Waals surface area contributed by atoms with E-state index in [0.717, 1.165) is 33.7 Å². The van der Waals surface area contributed by atoms with Crippen molar-refractivity contribution in [3.8, 4) is 17.7 Å². The van der Waals surface area contributed by atoms with Crippen molar-refractivity contribution in [1.29, 1.82) is 0 Å². The maximum Gasteiger partial charge on any atom is 0.305 e. The number of nitrogens with one attached hydrogen (secondary N) is 1. The van der Waals surface area contributed by atoms with Gasteiger partial charge in [-0.15, -0.1) is 0 Å². The Morgan fingerprint density at radius 3 is 2.74 bits per heavy atom. The lowest BCUT2D eigenvalue weighted by molar-refractivity contribution is 0.541. The number of hydrogen-bond acceptors (Lipinski definition) is 7. The summed E-state index contributed by atoms with van der Waals surface area (Å²) in [5.74, 6) is 0.878. The van der Waals surface area contributed by atoms with E-state index in [1.165, 1.54) is 6.20 Å². The molecule has 0 aromatic carbocycles. The Morgan fingerprint density at radius 2 is 2.09 bits per heavy atom. The summed E-state index contributed by atoms with van der Waals surface area (Å²) in [6.07, 6.45) is 9.75. The first-order valence-corrected chi connectivity index (χ1v) is 12.9. The Labute approximate surface area is 199 Å². The van der Waals surface area contributed by atoms with Crippen molar-refractivity contribution >= 4 is 26.9 Å². The molecule has 34 heavy (non-hydrogen) atoms. The molecule has 10 heteroatoms. The normalized spacial score (nSPS) is 16.8. The van der Waals surface area contributed by atoms with Gasteiger partial charge in [0.2, 0.25) is 0 Å². The van der Waals surface area contributed by atoms with Gasteiger partial charge in [-0.25, -0.2) is 13.4 Å². The monoisotopic (exact) mass is 478 g/mol. The van der Waals surface area contributed by atoms with Crippen molar-refractivity contribution in [1.82, 2.24) is 24.9 Å². The number of allylic oxidation sites excluding steroid dienone is 3. The van der Waals surface area contributed by atoms with Crippen LogP contribution in [0.25, 0.3) is 27.2 Å². The van der Waals surface area contributed by atoms with E-state index in [2.05, 4.69) is 20.2 Å². The topological polar surface area (TPSA) is 120 Å². The first-order chi connectivity index (χ1) is 16.3. The first-order valence-electron chi connectivity index (χ1n) is 11.1. The van der Waals surface area contributed by atoms with Crippen LogP contribution in [0, 0.1) is 6.57 Å². The molecule has 0 saturated carbocycles. The van der Waals surface area contributed by atoms with Gasteiger partial charge in [-0.05, 0) is 49.4 Å². The molecule has 3 aromatic rings. The maximum absolute atomic E-state index is 12.0. The fraction of sp³-hybridized carbons (Fsp3) is 0.333. The average molecular weight is 479 g/mol. The number of anilines is 1. The number of nitrogen functional groups attached to an aromatic ring is 1. The highest BCUT2D eigenvalue weighted by molar-refractivity contribution is 7.91. The molecule has 0 radical (unpaired) electrons. The van der Waals surface area contributed by atoms with E-state index in [-0.39, 0.29) is 17.4 Å². The third-order valence-electron chi connectivity index (χ3n) is 6.11. The van der Waals surface area contributed by atoms with Crippen molar-refractivity contribution < 1.29 is 8.42 Å². The molecule has 0 atom stereocenters. The summed E-state index contributed by atoms with van der Waals surface area (Å²) >= 11 is 0. The van der Waals surface area contributed by atoms with E-state index in [1.807, 2.05) is 32.2 Å². The molecule has 4 rings (SSSR count). The van der Waals surface area contributed by atoms with Gasteiger partial charge in [-0.1, -0.05) is 6.07 Å². The maximum atomic E-state index is 12.0. The van der Waals surface area contributed by atoms with Crippen LogP contribution >= 0.6 is 0 Å². The average Bonchev–Trinajstić information content (AvgIpc) is 3.25. The first kappa shape index (κ1) is 23.6. The van der Waals surface area contributed by atoms with Gasteiger partial charge >= 0.3 is 6.20 Å². The Balaban J connectivity index is 1.75. The van der Waals surface area contributed by atoms with Crippen molar-refractivity contribution in [2.45, 2.75) is 32.2 Å². The molecule has 176 valence electrons. The molecule has 9 nitrogen and oxygen atoms in total. The summed E-state index contributed by atoms with van der Waals surface area (Å²) in [5, 5.41) is 7.64. The number of rotatable bonds is 6. The molecule has 0 amide bonds. The van der Waals surface area contributed by atoms with E-state index in [4.69, 9.17) is 17.3 Å². The van der Waals surface area contributed by atoms with Crippen molar-refractivity contribution in [3.05, 3.63) is 64.7 Å². The van der Waals surface area contributed by atoms with Crippen LogP contribution in [0.2, 0.25) is 0 Å². The van der Waals surface area contributed by atoms with Gasteiger partial charge in [0.05, 0.1) is 29.1 Å². The van der Waals surface area contributed by atoms with Gasteiger partial charge in [-0.3, -0.25) is 4.98 Å². The van der Waals surface area contributed by atoms with E-state index in [9.17, 15) is 8.42 Å². The minimum Gasteiger partial charge on any atom is -0.383 e. The zero-order valence-electron chi connectivity index (χ0n) is 19.3. The Morgan fingerprint density at radius 1 is 1.32 bits per heavy atom. The smallest absolute Gasteiger partial charge is 0.305 e. The lowest BCUT2D eigenvalue weighted by atomic mass is 9.94. The molecule has 1 aliphatic heterocycles. The number of nitrogens with two attached hydrogens (primary N) is 1. The Hall–Kier alpha value is -3.55. The number of hydrogen-bond donors (Lipinski definition) is 2. The van der Waals surface area contributed by atoms with Crippen LogP contribution in [0.15, 0.2) is 42.9 Å². The van der Waals surface area contributed by atoms with Crippen molar-refractivity contribution in [2.24, 2.45) is 0 Å². The predicted molar refractivity (Wildman–Crippen MR) is 135 cm³/mol. The SMILES string of the molecule is C#[N+]C=CC=C(C)c1ccc(-c2cnn3c(N)c(CNC)c(C4CCS(=O)(=O)CC4)nc23)cn1. The van der Waals surface area contributed by atoms with Crippen LogP contribution < -0.4 is 11.1 Å². The van der Waals surface area contributed by atoms with Gasteiger partial charge < -0.3 is 11.1 Å². The predicted octanol–water partition coefficient (Wildman–Crippen LogP) is 3.26. The lowest BCUT2D eigenvalue weighted by Gasteiger charge is -2.24. The third-order valence-corrected chi connectivity index (χ3v) is 7.82. The molecule has 1 fully saturated rings. The molecule has 0 bridgehead atoms. The van der Waals surface area contributed by atoms with Crippen LogP contribution in [0.5, 0.6) is 0 Å². The Bertz CT molecular complexity index is 1400. The van der Waals surface area contributed by atoms with Gasteiger partial charge in [0.25, 0.3) is 6.57 Å². The molecule has 3 aromatic heterocycles. The summed E-state index contributed by atoms with van der Waals surface area (Å²) in [4.78, 5) is 13.0. The largest absolute Gasteiger partial charge is 0.383 e. The van der Waals surface area contributed by atoms with Crippen molar-refractivity contribution in [2.75, 3.05) is 24.3 Å². The molecule has 1 saturated heterocycles. The zero-order valence-corrected chi connectivity index (χ0v) is 20.1. The summed E-state index contributed by atoms with van der Waals surface area (Å²) in [7, 11) is -1.14. The number of aromatic nitrogens is 4. The van der Waals surface area contributed by atoms with Gasteiger partial charge in [0.15, 0.2) is 5.65 Å². The Kier molecular flexibility index (Phi) is 6.77. The number of sulfone groups is 1. The highest BCUT2D eigenvalue weighted by Crippen LogP contribution is 2.35. The quantitative estimate of drug-likeness (QED) is 0.522. The molecule has 0 unspecified atom stereocenters. The third kappa shape index (κ3) is 4.71. The second kappa shape index (κ2) is 9.75. The van der Waals surface area contributed by atoms with E-state index in [0.29, 0.717) is 30.9 Å². The fourth-order valence-corrected chi connectivity index (χ4v) is 5.73. The van der Waals surface area contributed by atoms with Crippen LogP contribution in [-0.4, -0.2) is 46.6 Å². The highest BCUT2D eigenvalue weighted by Gasteiger charge is 2.29. The van der Waals surface area contributed by atoms with E-state index < -0.39 is 9.84 Å². The zero-order chi connectivity index (χ0) is 24.3. The minimum atomic E-state index is -2.98. The number of nitrogens with zero attached hydrogens (tertiary/aromatic N) is 5. The second-order valence-electron chi connectivity index (χ2n) is 8.38. The molecule has 1 aliphatic rings. The van der Waals surface area contributed by atoms with Gasteiger partial charge in [-0.2, -0.15) is 9.61 Å². The van der Waals surface area contributed by atoms with Crippen LogP contribution in [-0.2, 0) is 16.4 Å². The van der Waals surface area contributed by atoms with Crippen LogP contribution in [0.4, 0.5) is 5.82 Å². The molecular weight excluding hydrogens is 450 g/mol. The molecule has 0 aliphatic carbocycles. The number of pyridine rings is 1. The van der Waals surface area contributed by atoms with Gasteiger partial charge in [0, 0.05) is 41.4 Å². The fourth-order valence-electron chi connectivity index (χ4n) is 4.24. The van der Waals surface area contributed by atoms with Crippen molar-refractivity contribution in [3.63, 3.8) is 0 Å². The van der Waals surface area contributed by atoms with Crippen LogP contribution in [0.3, 0.4) is 0 Å². The van der Waals surface area contributed by atoms with Gasteiger partial charge in [0.1, 0.15) is 15.7 Å². The molecule has 3 N–H and O–H groups in total. The van der Waals surface area contributed by atoms with E-state index >= 15 is 0 Å². The van der Waals surface area contributed by atoms with Crippen LogP contribution in [0.1, 0.15) is 42.6 Å². The van der Waals surface area contributed by atoms with E-state index in [1.54, 1.807) is 23.0 Å². The molecular formula is C24H28N7O2S+. The number of fused-ring (bicyclic) bond motifs is 1. The standard InChI is InChI=1S/C24H28N7O2S/c1-16(5-4-10-26-2)21-7-6-18(13-28-21)19-15-29-31-23(25)20(14-27-3)22(30-24(19)31)17-8-11-34(32,33)12-9-17/h2,4-7,10,13,15,17,27H,8-9,11-12,14,25H2,1,3H3/q+1. The molecule has 4 heterocycles. The summed E-state index contributed by atoms with van der Waals surface area (Å²) in [6.45, 7) is 7.60. The summed E-state index contributed by atoms with van der Waals surface area (Å²) < 4.78 is 25.6. The highest BCUT2D eigenvalue weighted by atomic mass is 32.2. The second-order valence-corrected chi connectivity index (χ2v) is 10.7.